The molecule has 0 radical (unpaired) electrons. The predicted octanol–water partition coefficient (Wildman–Crippen LogP) is 2.72. The maximum atomic E-state index is 5.87. The summed E-state index contributed by atoms with van der Waals surface area (Å²) in [5.74, 6) is 1.58. The quantitative estimate of drug-likeness (QED) is 0.653. The molecule has 1 aromatic rings. The number of thiocarbonyl (C=S) groups is 1. The molecule has 2 N–H and O–H groups in total. The molecule has 0 amide bonds. The summed E-state index contributed by atoms with van der Waals surface area (Å²) in [6.07, 6.45) is 2.02. The molecule has 0 aliphatic carbocycles. The molecule has 0 heterocycles. The van der Waals surface area contributed by atoms with Crippen LogP contribution in [0.15, 0.2) is 18.2 Å². The summed E-state index contributed by atoms with van der Waals surface area (Å²) >= 11 is 12.5. The molecule has 0 aromatic heterocycles. The van der Waals surface area contributed by atoms with Gasteiger partial charge < -0.3 is 10.5 Å². The predicted molar refractivity (Wildman–Crippen MR) is 71.2 cm³/mol. The Labute approximate surface area is 104 Å². The van der Waals surface area contributed by atoms with Crippen molar-refractivity contribution in [3.8, 4) is 5.75 Å². The fourth-order valence-corrected chi connectivity index (χ4v) is 1.63. The van der Waals surface area contributed by atoms with E-state index in [0.717, 1.165) is 11.3 Å². The molecule has 5 heteroatoms. The topological polar surface area (TPSA) is 35.2 Å². The first-order valence-corrected chi connectivity index (χ1v) is 6.54. The zero-order valence-electron chi connectivity index (χ0n) is 8.33. The van der Waals surface area contributed by atoms with Gasteiger partial charge in [0, 0.05) is 10.8 Å². The van der Waals surface area contributed by atoms with Crippen LogP contribution < -0.4 is 10.5 Å². The third-order valence-corrected chi connectivity index (χ3v) is 2.78. The van der Waals surface area contributed by atoms with Crippen LogP contribution in [0.4, 0.5) is 0 Å². The van der Waals surface area contributed by atoms with Gasteiger partial charge in [-0.05, 0) is 24.5 Å². The van der Waals surface area contributed by atoms with Gasteiger partial charge in [-0.15, -0.1) is 0 Å². The van der Waals surface area contributed by atoms with Crippen molar-refractivity contribution in [2.24, 2.45) is 5.73 Å². The van der Waals surface area contributed by atoms with E-state index < -0.39 is 0 Å². The van der Waals surface area contributed by atoms with Crippen LogP contribution in [0.2, 0.25) is 5.02 Å². The fourth-order valence-electron chi connectivity index (χ4n) is 1.05. The smallest absolute Gasteiger partial charge is 0.130 e. The van der Waals surface area contributed by atoms with Crippen molar-refractivity contribution in [3.05, 3.63) is 28.8 Å². The molecule has 0 atom stereocenters. The van der Waals surface area contributed by atoms with Crippen LogP contribution in [0, 0.1) is 0 Å². The maximum absolute atomic E-state index is 5.87. The first-order chi connectivity index (χ1) is 7.15. The Kier molecular flexibility index (Phi) is 5.22. The number of benzene rings is 1. The lowest BCUT2D eigenvalue weighted by molar-refractivity contribution is 0.343. The van der Waals surface area contributed by atoms with Crippen molar-refractivity contribution in [3.63, 3.8) is 0 Å². The van der Waals surface area contributed by atoms with E-state index in [2.05, 4.69) is 0 Å². The van der Waals surface area contributed by atoms with Gasteiger partial charge in [-0.2, -0.15) is 11.8 Å². The molecule has 0 aliphatic rings. The number of thioether (sulfide) groups is 1. The molecular formula is C10H12ClNOS2. The van der Waals surface area contributed by atoms with Gasteiger partial charge in [-0.25, -0.2) is 0 Å². The van der Waals surface area contributed by atoms with E-state index in [1.165, 1.54) is 0 Å². The molecule has 82 valence electrons. The second-order valence-electron chi connectivity index (χ2n) is 2.85. The normalized spacial score (nSPS) is 10.0. The number of hydrogen-bond donors (Lipinski definition) is 1. The van der Waals surface area contributed by atoms with E-state index in [4.69, 9.17) is 34.3 Å². The van der Waals surface area contributed by atoms with Gasteiger partial charge in [0.05, 0.1) is 12.2 Å². The van der Waals surface area contributed by atoms with Crippen LogP contribution in [0.3, 0.4) is 0 Å². The standard InChI is InChI=1S/C10H12ClNOS2/c1-15-5-4-13-9-6-7(11)2-3-8(9)10(12)14/h2-3,6H,4-5H2,1H3,(H2,12,14). The van der Waals surface area contributed by atoms with Crippen molar-refractivity contribution in [2.45, 2.75) is 0 Å². The largest absolute Gasteiger partial charge is 0.492 e. The third kappa shape index (κ3) is 3.89. The van der Waals surface area contributed by atoms with Crippen LogP contribution in [0.25, 0.3) is 0 Å². The van der Waals surface area contributed by atoms with Gasteiger partial charge in [-0.1, -0.05) is 23.8 Å². The Bertz CT molecular complexity index is 357. The van der Waals surface area contributed by atoms with E-state index in [1.54, 1.807) is 30.0 Å². The molecule has 0 saturated heterocycles. The molecule has 15 heavy (non-hydrogen) atoms. The monoisotopic (exact) mass is 261 g/mol. The van der Waals surface area contributed by atoms with Crippen molar-refractivity contribution >= 4 is 40.6 Å². The summed E-state index contributed by atoms with van der Waals surface area (Å²) in [5.41, 5.74) is 6.30. The second-order valence-corrected chi connectivity index (χ2v) is 4.71. The Morgan fingerprint density at radius 2 is 2.33 bits per heavy atom. The molecule has 1 aromatic carbocycles. The Morgan fingerprint density at radius 3 is 2.93 bits per heavy atom. The van der Waals surface area contributed by atoms with E-state index in [1.807, 2.05) is 6.26 Å². The van der Waals surface area contributed by atoms with Gasteiger partial charge in [0.15, 0.2) is 0 Å². The maximum Gasteiger partial charge on any atom is 0.130 e. The average molecular weight is 262 g/mol. The molecule has 0 unspecified atom stereocenters. The number of hydrogen-bond acceptors (Lipinski definition) is 3. The molecule has 0 spiro atoms. The highest BCUT2D eigenvalue weighted by atomic mass is 35.5. The number of nitrogens with two attached hydrogens (primary N) is 1. The van der Waals surface area contributed by atoms with E-state index in [9.17, 15) is 0 Å². The van der Waals surface area contributed by atoms with Crippen molar-refractivity contribution in [2.75, 3.05) is 18.6 Å². The molecular weight excluding hydrogens is 250 g/mol. The molecule has 1 rings (SSSR count). The highest BCUT2D eigenvalue weighted by Gasteiger charge is 2.06. The Morgan fingerprint density at radius 1 is 1.60 bits per heavy atom. The van der Waals surface area contributed by atoms with Crippen LogP contribution in [-0.4, -0.2) is 23.6 Å². The lowest BCUT2D eigenvalue weighted by Gasteiger charge is -2.10. The van der Waals surface area contributed by atoms with Gasteiger partial charge >= 0.3 is 0 Å². The highest BCUT2D eigenvalue weighted by Crippen LogP contribution is 2.23. The minimum absolute atomic E-state index is 0.325. The minimum Gasteiger partial charge on any atom is -0.492 e. The summed E-state index contributed by atoms with van der Waals surface area (Å²) < 4.78 is 5.55. The molecule has 0 bridgehead atoms. The first-order valence-electron chi connectivity index (χ1n) is 4.36. The second kappa shape index (κ2) is 6.20. The fraction of sp³-hybridized carbons (Fsp3) is 0.300. The van der Waals surface area contributed by atoms with Gasteiger partial charge in [0.25, 0.3) is 0 Å². The van der Waals surface area contributed by atoms with E-state index >= 15 is 0 Å². The first kappa shape index (κ1) is 12.6. The lowest BCUT2D eigenvalue weighted by Crippen LogP contribution is -2.12. The lowest BCUT2D eigenvalue weighted by atomic mass is 10.2. The summed E-state index contributed by atoms with van der Waals surface area (Å²) in [6.45, 7) is 0.622. The summed E-state index contributed by atoms with van der Waals surface area (Å²) in [5, 5.41) is 0.620. The SMILES string of the molecule is CSCCOc1cc(Cl)ccc1C(N)=S. The van der Waals surface area contributed by atoms with E-state index in [-0.39, 0.29) is 0 Å². The van der Waals surface area contributed by atoms with Crippen molar-refractivity contribution in [1.82, 2.24) is 0 Å². The van der Waals surface area contributed by atoms with Gasteiger partial charge in [0.1, 0.15) is 10.7 Å². The molecule has 0 fully saturated rings. The summed E-state index contributed by atoms with van der Waals surface area (Å²) in [6, 6.07) is 5.26. The number of halogens is 1. The van der Waals surface area contributed by atoms with Crippen LogP contribution in [-0.2, 0) is 0 Å². The molecule has 0 saturated carbocycles. The van der Waals surface area contributed by atoms with Crippen LogP contribution >= 0.6 is 35.6 Å². The van der Waals surface area contributed by atoms with Gasteiger partial charge in [0.2, 0.25) is 0 Å². The molecule has 2 nitrogen and oxygen atoms in total. The van der Waals surface area contributed by atoms with Crippen LogP contribution in [0.1, 0.15) is 5.56 Å². The zero-order valence-corrected chi connectivity index (χ0v) is 10.7. The van der Waals surface area contributed by atoms with Crippen LogP contribution in [0.5, 0.6) is 5.75 Å². The Hall–Kier alpha value is -0.450. The molecule has 0 aliphatic heterocycles. The van der Waals surface area contributed by atoms with Gasteiger partial charge in [-0.3, -0.25) is 0 Å². The third-order valence-electron chi connectivity index (χ3n) is 1.75. The van der Waals surface area contributed by atoms with Crippen molar-refractivity contribution in [1.29, 1.82) is 0 Å². The zero-order chi connectivity index (χ0) is 11.3. The summed E-state index contributed by atoms with van der Waals surface area (Å²) in [4.78, 5) is 0.325. The highest BCUT2D eigenvalue weighted by molar-refractivity contribution is 7.98. The number of ether oxygens (including phenoxy) is 1. The summed E-state index contributed by atoms with van der Waals surface area (Å²) in [7, 11) is 0. The van der Waals surface area contributed by atoms with Crippen molar-refractivity contribution < 1.29 is 4.74 Å². The Balaban J connectivity index is 2.82. The minimum atomic E-state index is 0.325. The average Bonchev–Trinajstić information content (AvgIpc) is 2.18. The number of rotatable bonds is 5. The van der Waals surface area contributed by atoms with E-state index in [0.29, 0.717) is 22.4 Å².